The van der Waals surface area contributed by atoms with Gasteiger partial charge in [-0.3, -0.25) is 4.68 Å². The smallest absolute Gasteiger partial charge is 0.0521 e. The molecule has 4 heteroatoms. The van der Waals surface area contributed by atoms with E-state index >= 15 is 0 Å². The number of benzene rings is 1. The van der Waals surface area contributed by atoms with Crippen molar-refractivity contribution in [2.24, 2.45) is 7.05 Å². The Hall–Kier alpha value is -1.13. The van der Waals surface area contributed by atoms with Gasteiger partial charge >= 0.3 is 0 Å². The molecule has 0 saturated heterocycles. The number of aryl methyl sites for hydroxylation is 1. The molecule has 1 aromatic heterocycles. The van der Waals surface area contributed by atoms with Crippen LogP contribution in [0.1, 0.15) is 30.4 Å². The summed E-state index contributed by atoms with van der Waals surface area (Å²) in [4.78, 5) is 0. The van der Waals surface area contributed by atoms with Gasteiger partial charge in [0.05, 0.1) is 6.20 Å². The van der Waals surface area contributed by atoms with E-state index in [4.69, 9.17) is 0 Å². The number of hydrogen-bond donors (Lipinski definition) is 1. The molecule has 0 amide bonds. The lowest BCUT2D eigenvalue weighted by atomic mass is 9.93. The quantitative estimate of drug-likeness (QED) is 0.784. The van der Waals surface area contributed by atoms with E-state index in [1.807, 2.05) is 17.9 Å². The molecule has 1 heterocycles. The van der Waals surface area contributed by atoms with E-state index in [1.54, 1.807) is 0 Å². The van der Waals surface area contributed by atoms with E-state index in [1.165, 1.54) is 15.6 Å². The summed E-state index contributed by atoms with van der Waals surface area (Å²) in [6, 6.07) is 8.49. The van der Waals surface area contributed by atoms with Gasteiger partial charge in [-0.15, -0.1) is 0 Å². The van der Waals surface area contributed by atoms with Crippen LogP contribution in [0.5, 0.6) is 0 Å². The highest BCUT2D eigenvalue weighted by Gasteiger charge is 2.15. The van der Waals surface area contributed by atoms with Crippen LogP contribution in [0.3, 0.4) is 0 Å². The van der Waals surface area contributed by atoms with E-state index in [9.17, 15) is 0 Å². The maximum Gasteiger partial charge on any atom is 0.0521 e. The summed E-state index contributed by atoms with van der Waals surface area (Å²) in [6.45, 7) is 4.25. The zero-order valence-corrected chi connectivity index (χ0v) is 13.7. The van der Waals surface area contributed by atoms with Crippen molar-refractivity contribution in [2.45, 2.75) is 25.7 Å². The molecule has 20 heavy (non-hydrogen) atoms. The van der Waals surface area contributed by atoms with E-state index in [0.717, 1.165) is 25.9 Å². The number of nitrogens with one attached hydrogen (secondary N) is 1. The lowest BCUT2D eigenvalue weighted by molar-refractivity contribution is 0.575. The summed E-state index contributed by atoms with van der Waals surface area (Å²) < 4.78 is 3.05. The Morgan fingerprint density at radius 2 is 2.15 bits per heavy atom. The minimum atomic E-state index is 0.460. The van der Waals surface area contributed by atoms with Crippen LogP contribution in [-0.2, 0) is 13.5 Å². The topological polar surface area (TPSA) is 29.9 Å². The number of halogens is 1. The zero-order valence-electron chi connectivity index (χ0n) is 12.1. The van der Waals surface area contributed by atoms with Gasteiger partial charge in [-0.2, -0.15) is 5.10 Å². The molecule has 2 aromatic rings. The molecular formula is C16H22BrN3. The zero-order chi connectivity index (χ0) is 14.4. The third kappa shape index (κ3) is 4.18. The van der Waals surface area contributed by atoms with Gasteiger partial charge in [-0.05, 0) is 36.6 Å². The maximum absolute atomic E-state index is 4.27. The summed E-state index contributed by atoms with van der Waals surface area (Å²) >= 11 is 3.68. The molecule has 3 nitrogen and oxygen atoms in total. The molecular weight excluding hydrogens is 314 g/mol. The third-order valence-electron chi connectivity index (χ3n) is 3.40. The van der Waals surface area contributed by atoms with E-state index in [0.29, 0.717) is 5.92 Å². The predicted octanol–water partition coefficient (Wildman–Crippen LogP) is 3.51. The van der Waals surface area contributed by atoms with Crippen LogP contribution in [0.2, 0.25) is 0 Å². The summed E-state index contributed by atoms with van der Waals surface area (Å²) in [7, 11) is 1.96. The van der Waals surface area contributed by atoms with Gasteiger partial charge < -0.3 is 5.32 Å². The molecule has 0 aliphatic heterocycles. The van der Waals surface area contributed by atoms with Crippen LogP contribution >= 0.6 is 15.9 Å². The van der Waals surface area contributed by atoms with Gasteiger partial charge in [-0.1, -0.05) is 41.1 Å². The molecule has 0 bridgehead atoms. The van der Waals surface area contributed by atoms with Crippen molar-refractivity contribution in [1.82, 2.24) is 15.1 Å². The first kappa shape index (κ1) is 15.3. The molecule has 0 aliphatic rings. The number of rotatable bonds is 7. The van der Waals surface area contributed by atoms with Gasteiger partial charge in [-0.25, -0.2) is 0 Å². The first-order valence-corrected chi connectivity index (χ1v) is 7.92. The minimum absolute atomic E-state index is 0.460. The molecule has 1 unspecified atom stereocenters. The second-order valence-corrected chi connectivity index (χ2v) is 6.00. The average molecular weight is 336 g/mol. The molecule has 0 aliphatic carbocycles. The lowest BCUT2D eigenvalue weighted by Crippen LogP contribution is -2.24. The summed E-state index contributed by atoms with van der Waals surface area (Å²) in [6.07, 6.45) is 6.23. The van der Waals surface area contributed by atoms with E-state index < -0.39 is 0 Å². The second kappa shape index (κ2) is 7.60. The van der Waals surface area contributed by atoms with Crippen molar-refractivity contribution in [1.29, 1.82) is 0 Å². The Balaban J connectivity index is 2.13. The molecule has 2 rings (SSSR count). The summed E-state index contributed by atoms with van der Waals surface area (Å²) in [5.41, 5.74) is 2.64. The van der Waals surface area contributed by atoms with Crippen LogP contribution in [-0.4, -0.2) is 22.9 Å². The van der Waals surface area contributed by atoms with Crippen LogP contribution in [0.4, 0.5) is 0 Å². The molecule has 0 spiro atoms. The van der Waals surface area contributed by atoms with E-state index in [-0.39, 0.29) is 0 Å². The minimum Gasteiger partial charge on any atom is -0.316 e. The predicted molar refractivity (Wildman–Crippen MR) is 87.0 cm³/mol. The molecule has 108 valence electrons. The van der Waals surface area contributed by atoms with Gasteiger partial charge in [0.15, 0.2) is 0 Å². The second-order valence-electron chi connectivity index (χ2n) is 5.15. The van der Waals surface area contributed by atoms with Crippen molar-refractivity contribution < 1.29 is 0 Å². The van der Waals surface area contributed by atoms with Crippen LogP contribution < -0.4 is 5.32 Å². The summed E-state index contributed by atoms with van der Waals surface area (Å²) in [5, 5.41) is 7.81. The number of aromatic nitrogens is 2. The lowest BCUT2D eigenvalue weighted by Gasteiger charge is -2.19. The van der Waals surface area contributed by atoms with Crippen molar-refractivity contribution >= 4 is 15.9 Å². The number of nitrogens with zero attached hydrogens (tertiary/aromatic N) is 2. The molecule has 1 atom stereocenters. The molecule has 0 saturated carbocycles. The normalized spacial score (nSPS) is 12.6. The summed E-state index contributed by atoms with van der Waals surface area (Å²) in [5.74, 6) is 0.460. The Labute approximate surface area is 129 Å². The van der Waals surface area contributed by atoms with Gasteiger partial charge in [0, 0.05) is 30.2 Å². The van der Waals surface area contributed by atoms with Crippen molar-refractivity contribution in [2.75, 3.05) is 13.1 Å². The Kier molecular flexibility index (Phi) is 5.80. The van der Waals surface area contributed by atoms with Crippen LogP contribution in [0.25, 0.3) is 0 Å². The molecule has 1 N–H and O–H groups in total. The van der Waals surface area contributed by atoms with Gasteiger partial charge in [0.2, 0.25) is 0 Å². The SMILES string of the molecule is CCCNCC(Cc1cnn(C)c1)c1ccccc1Br. The van der Waals surface area contributed by atoms with Crippen LogP contribution in [0.15, 0.2) is 41.1 Å². The van der Waals surface area contributed by atoms with Gasteiger partial charge in [0.25, 0.3) is 0 Å². The Morgan fingerprint density at radius 3 is 2.80 bits per heavy atom. The fourth-order valence-corrected chi connectivity index (χ4v) is 3.02. The molecule has 0 radical (unpaired) electrons. The fraction of sp³-hybridized carbons (Fsp3) is 0.438. The molecule has 1 aromatic carbocycles. The monoisotopic (exact) mass is 335 g/mol. The van der Waals surface area contributed by atoms with Crippen molar-refractivity contribution in [3.63, 3.8) is 0 Å². The van der Waals surface area contributed by atoms with E-state index in [2.05, 4.69) is 63.7 Å². The van der Waals surface area contributed by atoms with Crippen molar-refractivity contribution in [3.8, 4) is 0 Å². The van der Waals surface area contributed by atoms with Crippen LogP contribution in [0, 0.1) is 0 Å². The van der Waals surface area contributed by atoms with Crippen molar-refractivity contribution in [3.05, 3.63) is 52.3 Å². The van der Waals surface area contributed by atoms with Gasteiger partial charge in [0.1, 0.15) is 0 Å². The standard InChI is InChI=1S/C16H22BrN3/c1-3-8-18-11-14(9-13-10-19-20(2)12-13)15-6-4-5-7-16(15)17/h4-7,10,12,14,18H,3,8-9,11H2,1-2H3. The Bertz CT molecular complexity index is 536. The molecule has 0 fully saturated rings. The largest absolute Gasteiger partial charge is 0.316 e. The highest BCUT2D eigenvalue weighted by molar-refractivity contribution is 9.10. The highest BCUT2D eigenvalue weighted by Crippen LogP contribution is 2.27. The first-order chi connectivity index (χ1) is 9.70. The highest BCUT2D eigenvalue weighted by atomic mass is 79.9. The third-order valence-corrected chi connectivity index (χ3v) is 4.13. The fourth-order valence-electron chi connectivity index (χ4n) is 2.41. The average Bonchev–Trinajstić information content (AvgIpc) is 2.84. The first-order valence-electron chi connectivity index (χ1n) is 7.13. The number of hydrogen-bond acceptors (Lipinski definition) is 2. The Morgan fingerprint density at radius 1 is 1.35 bits per heavy atom. The maximum atomic E-state index is 4.27.